The van der Waals surface area contributed by atoms with Crippen LogP contribution in [0, 0.1) is 11.8 Å². The van der Waals surface area contributed by atoms with Gasteiger partial charge in [0.25, 0.3) is 11.6 Å². The van der Waals surface area contributed by atoms with E-state index in [1.165, 1.54) is 20.0 Å². The number of nitrogens with one attached hydrogen (secondary N) is 1. The minimum absolute atomic E-state index is 0.0464. The summed E-state index contributed by atoms with van der Waals surface area (Å²) in [6, 6.07) is 0.291. The summed E-state index contributed by atoms with van der Waals surface area (Å²) in [7, 11) is 1.51. The molecule has 0 amide bonds. The zero-order chi connectivity index (χ0) is 13.1. The third-order valence-corrected chi connectivity index (χ3v) is 4.15. The van der Waals surface area contributed by atoms with Crippen molar-refractivity contribution >= 4 is 0 Å². The second-order valence-corrected chi connectivity index (χ2v) is 5.53. The summed E-state index contributed by atoms with van der Waals surface area (Å²) < 4.78 is 4.92. The standard InChI is InChI=1S/C14H22N2O2/c1-9(2)10-4-6-11(7-5-10)12-8-15-14(18-3)16-13(12)17/h8-11H,4-7H2,1-3H3,(H,15,16,17). The molecule has 1 aliphatic carbocycles. The lowest BCUT2D eigenvalue weighted by atomic mass is 9.75. The van der Waals surface area contributed by atoms with Gasteiger partial charge in [0.1, 0.15) is 0 Å². The van der Waals surface area contributed by atoms with Crippen LogP contribution < -0.4 is 10.3 Å². The fourth-order valence-electron chi connectivity index (χ4n) is 2.88. The van der Waals surface area contributed by atoms with E-state index in [0.717, 1.165) is 30.2 Å². The summed E-state index contributed by atoms with van der Waals surface area (Å²) in [6.07, 6.45) is 6.31. The molecule has 0 aliphatic heterocycles. The van der Waals surface area contributed by atoms with E-state index in [1.807, 2.05) is 0 Å². The third kappa shape index (κ3) is 2.74. The van der Waals surface area contributed by atoms with Crippen LogP contribution in [0.3, 0.4) is 0 Å². The molecule has 0 aromatic carbocycles. The van der Waals surface area contributed by atoms with Crippen LogP contribution in [0.2, 0.25) is 0 Å². The highest BCUT2D eigenvalue weighted by atomic mass is 16.5. The molecule has 1 fully saturated rings. The average Bonchev–Trinajstić information content (AvgIpc) is 2.38. The summed E-state index contributed by atoms with van der Waals surface area (Å²) >= 11 is 0. The van der Waals surface area contributed by atoms with Gasteiger partial charge in [0.05, 0.1) is 7.11 Å². The van der Waals surface area contributed by atoms with Crippen LogP contribution in [0.15, 0.2) is 11.0 Å². The number of H-pyrrole nitrogens is 1. The van der Waals surface area contributed by atoms with Crippen molar-refractivity contribution in [3.05, 3.63) is 22.1 Å². The number of hydrogen-bond donors (Lipinski definition) is 1. The van der Waals surface area contributed by atoms with Gasteiger partial charge in [-0.25, -0.2) is 4.98 Å². The number of aromatic nitrogens is 2. The molecule has 0 bridgehead atoms. The Morgan fingerprint density at radius 3 is 2.50 bits per heavy atom. The van der Waals surface area contributed by atoms with Gasteiger partial charge in [0.15, 0.2) is 0 Å². The van der Waals surface area contributed by atoms with Crippen LogP contribution in [0.5, 0.6) is 6.01 Å². The first-order chi connectivity index (χ1) is 8.61. The van der Waals surface area contributed by atoms with Gasteiger partial charge in [-0.2, -0.15) is 0 Å². The highest BCUT2D eigenvalue weighted by Crippen LogP contribution is 2.37. The Kier molecular flexibility index (Phi) is 4.04. The maximum absolute atomic E-state index is 11.9. The molecule has 0 unspecified atom stereocenters. The van der Waals surface area contributed by atoms with Crippen molar-refractivity contribution in [1.29, 1.82) is 0 Å². The van der Waals surface area contributed by atoms with Crippen LogP contribution in [-0.2, 0) is 0 Å². The Bertz CT molecular complexity index is 445. The lowest BCUT2D eigenvalue weighted by Crippen LogP contribution is -2.23. The van der Waals surface area contributed by atoms with E-state index in [4.69, 9.17) is 4.74 Å². The monoisotopic (exact) mass is 250 g/mol. The van der Waals surface area contributed by atoms with Gasteiger partial charge in [0.2, 0.25) is 0 Å². The largest absolute Gasteiger partial charge is 0.468 e. The summed E-state index contributed by atoms with van der Waals surface area (Å²) in [4.78, 5) is 18.7. The highest BCUT2D eigenvalue weighted by Gasteiger charge is 2.25. The van der Waals surface area contributed by atoms with Gasteiger partial charge in [-0.15, -0.1) is 0 Å². The predicted octanol–water partition coefficient (Wildman–Crippen LogP) is 2.71. The van der Waals surface area contributed by atoms with E-state index < -0.39 is 0 Å². The number of aromatic amines is 1. The number of nitrogens with zero attached hydrogens (tertiary/aromatic N) is 1. The van der Waals surface area contributed by atoms with E-state index in [-0.39, 0.29) is 5.56 Å². The zero-order valence-corrected chi connectivity index (χ0v) is 11.4. The molecule has 4 nitrogen and oxygen atoms in total. The molecule has 2 rings (SSSR count). The molecule has 1 aromatic rings. The Labute approximate surface area is 108 Å². The highest BCUT2D eigenvalue weighted by molar-refractivity contribution is 5.14. The second kappa shape index (κ2) is 5.55. The third-order valence-electron chi connectivity index (χ3n) is 4.15. The Hall–Kier alpha value is -1.32. The fraction of sp³-hybridized carbons (Fsp3) is 0.714. The van der Waals surface area contributed by atoms with Gasteiger partial charge in [-0.3, -0.25) is 9.78 Å². The normalized spacial score (nSPS) is 24.2. The number of ether oxygens (including phenoxy) is 1. The van der Waals surface area contributed by atoms with Crippen LogP contribution >= 0.6 is 0 Å². The first kappa shape index (κ1) is 13.1. The molecule has 0 saturated heterocycles. The molecular weight excluding hydrogens is 228 g/mol. The summed E-state index contributed by atoms with van der Waals surface area (Å²) in [5.41, 5.74) is 0.771. The molecule has 1 heterocycles. The second-order valence-electron chi connectivity index (χ2n) is 5.53. The van der Waals surface area contributed by atoms with E-state index in [9.17, 15) is 4.79 Å². The van der Waals surface area contributed by atoms with Crippen LogP contribution in [0.25, 0.3) is 0 Å². The molecule has 4 heteroatoms. The molecule has 0 radical (unpaired) electrons. The van der Waals surface area contributed by atoms with Crippen molar-refractivity contribution in [2.24, 2.45) is 11.8 Å². The first-order valence-corrected chi connectivity index (χ1v) is 6.75. The number of rotatable bonds is 3. The molecule has 1 saturated carbocycles. The van der Waals surface area contributed by atoms with E-state index in [0.29, 0.717) is 11.9 Å². The van der Waals surface area contributed by atoms with Gasteiger partial charge in [0, 0.05) is 11.8 Å². The molecule has 1 aromatic heterocycles. The SMILES string of the molecule is COc1ncc(C2CCC(C(C)C)CC2)c(=O)[nH]1. The lowest BCUT2D eigenvalue weighted by molar-refractivity contribution is 0.257. The van der Waals surface area contributed by atoms with Crippen LogP contribution in [0.4, 0.5) is 0 Å². The molecule has 18 heavy (non-hydrogen) atoms. The van der Waals surface area contributed by atoms with Crippen molar-refractivity contribution in [3.8, 4) is 6.01 Å². The van der Waals surface area contributed by atoms with Crippen LogP contribution in [-0.4, -0.2) is 17.1 Å². The summed E-state index contributed by atoms with van der Waals surface area (Å²) in [5, 5.41) is 0. The number of hydrogen-bond acceptors (Lipinski definition) is 3. The summed E-state index contributed by atoms with van der Waals surface area (Å²) in [5.74, 6) is 1.92. The van der Waals surface area contributed by atoms with Crippen molar-refractivity contribution in [1.82, 2.24) is 9.97 Å². The van der Waals surface area contributed by atoms with Gasteiger partial charge < -0.3 is 4.74 Å². The average molecular weight is 250 g/mol. The minimum Gasteiger partial charge on any atom is -0.468 e. The van der Waals surface area contributed by atoms with Gasteiger partial charge in [-0.05, 0) is 43.4 Å². The van der Waals surface area contributed by atoms with Crippen molar-refractivity contribution in [3.63, 3.8) is 0 Å². The molecule has 1 aliphatic rings. The van der Waals surface area contributed by atoms with Crippen molar-refractivity contribution in [2.45, 2.75) is 45.4 Å². The van der Waals surface area contributed by atoms with Crippen molar-refractivity contribution < 1.29 is 4.74 Å². The smallest absolute Gasteiger partial charge is 0.296 e. The quantitative estimate of drug-likeness (QED) is 0.897. The maximum atomic E-state index is 11.9. The molecular formula is C14H22N2O2. The summed E-state index contributed by atoms with van der Waals surface area (Å²) in [6.45, 7) is 4.57. The molecule has 100 valence electrons. The minimum atomic E-state index is -0.0464. The van der Waals surface area contributed by atoms with E-state index in [1.54, 1.807) is 6.20 Å². The Balaban J connectivity index is 2.08. The van der Waals surface area contributed by atoms with E-state index in [2.05, 4.69) is 23.8 Å². The van der Waals surface area contributed by atoms with Crippen molar-refractivity contribution in [2.75, 3.05) is 7.11 Å². The molecule has 0 spiro atoms. The molecule has 1 N–H and O–H groups in total. The lowest BCUT2D eigenvalue weighted by Gasteiger charge is -2.30. The van der Waals surface area contributed by atoms with E-state index >= 15 is 0 Å². The Morgan fingerprint density at radius 1 is 1.33 bits per heavy atom. The fourth-order valence-corrected chi connectivity index (χ4v) is 2.88. The maximum Gasteiger partial charge on any atom is 0.296 e. The van der Waals surface area contributed by atoms with Gasteiger partial charge >= 0.3 is 0 Å². The Morgan fingerprint density at radius 2 is 2.00 bits per heavy atom. The van der Waals surface area contributed by atoms with Gasteiger partial charge in [-0.1, -0.05) is 13.8 Å². The predicted molar refractivity (Wildman–Crippen MR) is 70.9 cm³/mol. The topological polar surface area (TPSA) is 55.0 Å². The first-order valence-electron chi connectivity index (χ1n) is 6.75. The number of methoxy groups -OCH3 is 1. The molecule has 0 atom stereocenters. The zero-order valence-electron chi connectivity index (χ0n) is 11.4. The van der Waals surface area contributed by atoms with Crippen LogP contribution in [0.1, 0.15) is 51.0 Å².